The summed E-state index contributed by atoms with van der Waals surface area (Å²) in [5.74, 6) is -0.947. The molecule has 1 aliphatic carbocycles. The van der Waals surface area contributed by atoms with E-state index in [1.54, 1.807) is 0 Å². The van der Waals surface area contributed by atoms with Crippen LogP contribution in [0.15, 0.2) is 30.6 Å². The lowest BCUT2D eigenvalue weighted by Gasteiger charge is -2.28. The van der Waals surface area contributed by atoms with Crippen LogP contribution in [0.1, 0.15) is 112 Å². The van der Waals surface area contributed by atoms with Gasteiger partial charge in [-0.05, 0) is 73.8 Å². The van der Waals surface area contributed by atoms with E-state index in [4.69, 9.17) is 0 Å². The Hall–Kier alpha value is -2.31. The average Bonchev–Trinajstić information content (AvgIpc) is 2.83. The van der Waals surface area contributed by atoms with Crippen LogP contribution < -0.4 is 0 Å². The first kappa shape index (κ1) is 27.3. The molecule has 1 heterocycles. The maximum atomic E-state index is 14.3. The Bertz CT molecular complexity index is 922. The molecule has 7 heteroatoms. The van der Waals surface area contributed by atoms with Gasteiger partial charge in [0.15, 0.2) is 0 Å². The fourth-order valence-corrected chi connectivity index (χ4v) is 4.85. The van der Waals surface area contributed by atoms with Crippen molar-refractivity contribution in [3.8, 4) is 0 Å². The smallest absolute Gasteiger partial charge is 0.241 e. The van der Waals surface area contributed by atoms with Gasteiger partial charge in [-0.2, -0.15) is 13.2 Å². The highest BCUT2D eigenvalue weighted by Gasteiger charge is 2.27. The molecule has 0 N–H and O–H groups in total. The van der Waals surface area contributed by atoms with Crippen molar-refractivity contribution in [1.82, 2.24) is 9.97 Å². The molecule has 0 radical (unpaired) electrons. The van der Waals surface area contributed by atoms with Gasteiger partial charge in [0, 0.05) is 30.0 Å². The number of halogens is 5. The van der Waals surface area contributed by atoms with Gasteiger partial charge in [0.1, 0.15) is 17.5 Å². The highest BCUT2D eigenvalue weighted by molar-refractivity contribution is 5.52. The first-order valence-corrected chi connectivity index (χ1v) is 12.8. The fraction of sp³-hybridized carbons (Fsp3) is 0.571. The van der Waals surface area contributed by atoms with Crippen molar-refractivity contribution in [3.05, 3.63) is 64.8 Å². The van der Waals surface area contributed by atoms with Gasteiger partial charge in [-0.3, -0.25) is 0 Å². The first-order valence-electron chi connectivity index (χ1n) is 12.8. The Morgan fingerprint density at radius 2 is 1.37 bits per heavy atom. The van der Waals surface area contributed by atoms with Crippen molar-refractivity contribution in [1.29, 1.82) is 0 Å². The third-order valence-corrected chi connectivity index (χ3v) is 6.90. The van der Waals surface area contributed by atoms with Gasteiger partial charge < -0.3 is 0 Å². The highest BCUT2D eigenvalue weighted by Crippen LogP contribution is 2.40. The Balaban J connectivity index is 1.48. The number of rotatable bonds is 11. The summed E-state index contributed by atoms with van der Waals surface area (Å²) in [5, 5.41) is 0. The van der Waals surface area contributed by atoms with Crippen LogP contribution in [0.25, 0.3) is 6.08 Å². The van der Waals surface area contributed by atoms with Crippen molar-refractivity contribution in [2.24, 2.45) is 0 Å². The zero-order chi connectivity index (χ0) is 25.3. The van der Waals surface area contributed by atoms with Gasteiger partial charge >= 0.3 is 6.18 Å². The number of alkyl halides is 3. The summed E-state index contributed by atoms with van der Waals surface area (Å²) in [7, 11) is 0. The van der Waals surface area contributed by atoms with Crippen LogP contribution in [-0.2, 0) is 6.42 Å². The second-order valence-electron chi connectivity index (χ2n) is 9.64. The Labute approximate surface area is 205 Å². The van der Waals surface area contributed by atoms with Crippen LogP contribution in [0.3, 0.4) is 0 Å². The molecule has 1 aromatic heterocycles. The normalized spacial score (nSPS) is 18.9. The number of benzene rings is 1. The fourth-order valence-electron chi connectivity index (χ4n) is 4.85. The number of hydrogen-bond donors (Lipinski definition) is 0. The van der Waals surface area contributed by atoms with E-state index in [1.807, 2.05) is 12.4 Å². The molecule has 1 saturated carbocycles. The molecule has 0 aliphatic heterocycles. The maximum Gasteiger partial charge on any atom is 0.409 e. The molecular weight excluding hydrogens is 459 g/mol. The summed E-state index contributed by atoms with van der Waals surface area (Å²) in [4.78, 5) is 9.18. The van der Waals surface area contributed by atoms with E-state index in [-0.39, 0.29) is 17.9 Å². The van der Waals surface area contributed by atoms with E-state index in [9.17, 15) is 22.0 Å². The molecular formula is C28H35F5N2. The van der Waals surface area contributed by atoms with E-state index in [1.165, 1.54) is 50.7 Å². The third-order valence-electron chi connectivity index (χ3n) is 6.90. The predicted octanol–water partition coefficient (Wildman–Crippen LogP) is 9.06. The van der Waals surface area contributed by atoms with Crippen LogP contribution in [0, 0.1) is 11.6 Å². The van der Waals surface area contributed by atoms with E-state index in [0.29, 0.717) is 11.6 Å². The molecule has 1 aliphatic rings. The molecule has 1 fully saturated rings. The van der Waals surface area contributed by atoms with E-state index < -0.39 is 23.4 Å². The molecule has 2 aromatic rings. The maximum absolute atomic E-state index is 14.3. The average molecular weight is 495 g/mol. The van der Waals surface area contributed by atoms with Crippen molar-refractivity contribution >= 4 is 6.08 Å². The minimum Gasteiger partial charge on any atom is -0.241 e. The molecule has 0 saturated heterocycles. The van der Waals surface area contributed by atoms with Crippen LogP contribution in [0.4, 0.5) is 22.0 Å². The van der Waals surface area contributed by atoms with Gasteiger partial charge in [0.05, 0.1) is 0 Å². The van der Waals surface area contributed by atoms with Gasteiger partial charge in [-0.15, -0.1) is 0 Å². The lowest BCUT2D eigenvalue weighted by Crippen LogP contribution is -2.15. The van der Waals surface area contributed by atoms with Crippen LogP contribution >= 0.6 is 0 Å². The van der Waals surface area contributed by atoms with Gasteiger partial charge in [0.2, 0.25) is 0 Å². The summed E-state index contributed by atoms with van der Waals surface area (Å²) >= 11 is 0. The van der Waals surface area contributed by atoms with Gasteiger partial charge in [-0.1, -0.05) is 45.4 Å². The first-order chi connectivity index (χ1) is 16.8. The molecule has 1 aromatic carbocycles. The molecule has 0 amide bonds. The van der Waals surface area contributed by atoms with Crippen molar-refractivity contribution in [3.63, 3.8) is 0 Å². The number of aryl methyl sites for hydroxylation is 1. The predicted molar refractivity (Wildman–Crippen MR) is 129 cm³/mol. The van der Waals surface area contributed by atoms with Gasteiger partial charge in [-0.25, -0.2) is 18.7 Å². The Kier molecular flexibility index (Phi) is 10.2. The van der Waals surface area contributed by atoms with Crippen molar-refractivity contribution in [2.75, 3.05) is 0 Å². The molecule has 0 unspecified atom stereocenters. The topological polar surface area (TPSA) is 25.8 Å². The zero-order valence-electron chi connectivity index (χ0n) is 20.4. The summed E-state index contributed by atoms with van der Waals surface area (Å²) in [5.41, 5.74) is 0.986. The molecule has 2 nitrogen and oxygen atoms in total. The quantitative estimate of drug-likeness (QED) is 0.230. The minimum absolute atomic E-state index is 0.0347. The zero-order valence-corrected chi connectivity index (χ0v) is 20.4. The summed E-state index contributed by atoms with van der Waals surface area (Å²) < 4.78 is 65.7. The second-order valence-corrected chi connectivity index (χ2v) is 9.64. The Morgan fingerprint density at radius 3 is 1.94 bits per heavy atom. The summed E-state index contributed by atoms with van der Waals surface area (Å²) in [6.45, 7) is 2.22. The molecule has 3 rings (SSSR count). The molecule has 0 spiro atoms. The summed E-state index contributed by atoms with van der Waals surface area (Å²) in [6.07, 6.45) is 12.5. The molecule has 192 valence electrons. The number of aromatic nitrogens is 2. The lowest BCUT2D eigenvalue weighted by atomic mass is 9.78. The molecule has 0 atom stereocenters. The van der Waals surface area contributed by atoms with Crippen LogP contribution in [-0.4, -0.2) is 16.1 Å². The largest absolute Gasteiger partial charge is 0.409 e. The van der Waals surface area contributed by atoms with Crippen molar-refractivity contribution in [2.45, 2.75) is 102 Å². The number of allylic oxidation sites excluding steroid dienone is 1. The standard InChI is InChI=1S/C28H35F5N2/c1-2-3-4-5-6-7-8-9-20-18-34-27(35-19-20)22-12-10-21(11-13-22)23-16-25(29)24(26(30)17-23)14-15-28(31,32)33/h14-19,21-22H,2-13H2,1H3/b15-14+. The van der Waals surface area contributed by atoms with E-state index >= 15 is 0 Å². The number of nitrogens with zero attached hydrogens (tertiary/aromatic N) is 2. The Morgan fingerprint density at radius 1 is 0.829 bits per heavy atom. The van der Waals surface area contributed by atoms with Crippen LogP contribution in [0.2, 0.25) is 0 Å². The highest BCUT2D eigenvalue weighted by atomic mass is 19.4. The van der Waals surface area contributed by atoms with Gasteiger partial charge in [0.25, 0.3) is 0 Å². The van der Waals surface area contributed by atoms with E-state index in [2.05, 4.69) is 16.9 Å². The van der Waals surface area contributed by atoms with E-state index in [0.717, 1.165) is 49.9 Å². The number of hydrogen-bond acceptors (Lipinski definition) is 2. The third kappa shape index (κ3) is 8.69. The lowest BCUT2D eigenvalue weighted by molar-refractivity contribution is -0.0790. The summed E-state index contributed by atoms with van der Waals surface area (Å²) in [6, 6.07) is 2.33. The van der Waals surface area contributed by atoms with Crippen LogP contribution in [0.5, 0.6) is 0 Å². The minimum atomic E-state index is -4.62. The molecule has 0 bridgehead atoms. The monoisotopic (exact) mass is 494 g/mol. The molecule has 35 heavy (non-hydrogen) atoms. The SMILES string of the molecule is CCCCCCCCCc1cnc(C2CCC(c3cc(F)c(/C=C/C(F)(F)F)c(F)c3)CC2)nc1. The second kappa shape index (κ2) is 13.1. The van der Waals surface area contributed by atoms with Crippen molar-refractivity contribution < 1.29 is 22.0 Å². The number of unbranched alkanes of at least 4 members (excludes halogenated alkanes) is 6.